The molecule has 1 atom stereocenters. The van der Waals surface area contributed by atoms with Crippen molar-refractivity contribution in [2.24, 2.45) is 0 Å². The first-order chi connectivity index (χ1) is 16.0. The van der Waals surface area contributed by atoms with Crippen molar-refractivity contribution >= 4 is 17.4 Å². The van der Waals surface area contributed by atoms with E-state index in [4.69, 9.17) is 9.47 Å². The fourth-order valence-corrected chi connectivity index (χ4v) is 4.86. The van der Waals surface area contributed by atoms with Crippen LogP contribution in [0.4, 0.5) is 0 Å². The van der Waals surface area contributed by atoms with Gasteiger partial charge in [-0.05, 0) is 73.9 Å². The van der Waals surface area contributed by atoms with E-state index in [1.165, 1.54) is 17.5 Å². The van der Waals surface area contributed by atoms with E-state index in [1.54, 1.807) is 24.1 Å². The van der Waals surface area contributed by atoms with Gasteiger partial charge in [0.25, 0.3) is 11.7 Å². The first-order valence-corrected chi connectivity index (χ1v) is 11.7. The molecular weight excluding hydrogens is 418 g/mol. The zero-order valence-corrected chi connectivity index (χ0v) is 19.5. The fourth-order valence-electron chi connectivity index (χ4n) is 4.86. The van der Waals surface area contributed by atoms with E-state index in [2.05, 4.69) is 0 Å². The van der Waals surface area contributed by atoms with Crippen LogP contribution >= 0.6 is 0 Å². The first-order valence-electron chi connectivity index (χ1n) is 11.7. The molecule has 1 saturated heterocycles. The molecule has 2 aromatic carbocycles. The maximum atomic E-state index is 13.1. The maximum absolute atomic E-state index is 13.1. The molecule has 1 N–H and O–H groups in total. The zero-order valence-electron chi connectivity index (χ0n) is 19.5. The van der Waals surface area contributed by atoms with Gasteiger partial charge < -0.3 is 19.5 Å². The Morgan fingerprint density at radius 3 is 2.48 bits per heavy atom. The van der Waals surface area contributed by atoms with Gasteiger partial charge >= 0.3 is 0 Å². The normalized spacial score (nSPS) is 19.5. The predicted octanol–water partition coefficient (Wildman–Crippen LogP) is 4.80. The number of amides is 1. The van der Waals surface area contributed by atoms with E-state index in [9.17, 15) is 14.7 Å². The number of ether oxygens (including phenoxy) is 2. The Morgan fingerprint density at radius 2 is 1.79 bits per heavy atom. The average Bonchev–Trinajstić information content (AvgIpc) is 3.09. The largest absolute Gasteiger partial charge is 0.507 e. The number of aliphatic hydroxyl groups excluding tert-OH is 1. The van der Waals surface area contributed by atoms with Crippen LogP contribution in [-0.4, -0.2) is 42.0 Å². The third-order valence-electron chi connectivity index (χ3n) is 6.43. The highest BCUT2D eigenvalue weighted by atomic mass is 16.5. The molecule has 6 nitrogen and oxygen atoms in total. The Labute approximate surface area is 194 Å². The van der Waals surface area contributed by atoms with Crippen molar-refractivity contribution in [3.05, 3.63) is 64.2 Å². The second-order valence-corrected chi connectivity index (χ2v) is 8.53. The number of hydrogen-bond donors (Lipinski definition) is 1. The number of benzene rings is 2. The lowest BCUT2D eigenvalue weighted by Crippen LogP contribution is -2.30. The van der Waals surface area contributed by atoms with Crippen LogP contribution in [0.1, 0.15) is 61.4 Å². The molecule has 33 heavy (non-hydrogen) atoms. The molecule has 0 aromatic heterocycles. The molecule has 174 valence electrons. The summed E-state index contributed by atoms with van der Waals surface area (Å²) in [5.74, 6) is -0.264. The van der Waals surface area contributed by atoms with E-state index < -0.39 is 17.7 Å². The number of aliphatic hydroxyl groups is 1. The molecule has 0 saturated carbocycles. The Kier molecular flexibility index (Phi) is 6.72. The summed E-state index contributed by atoms with van der Waals surface area (Å²) in [5.41, 5.74) is 3.88. The highest BCUT2D eigenvalue weighted by molar-refractivity contribution is 6.46. The Bertz CT molecular complexity index is 1100. The molecule has 1 heterocycles. The van der Waals surface area contributed by atoms with Crippen molar-refractivity contribution in [3.63, 3.8) is 0 Å². The smallest absolute Gasteiger partial charge is 0.295 e. The summed E-state index contributed by atoms with van der Waals surface area (Å²) in [4.78, 5) is 27.6. The molecule has 6 heteroatoms. The number of hydrogen-bond acceptors (Lipinski definition) is 5. The molecular formula is C27H31NO5. The van der Waals surface area contributed by atoms with Crippen LogP contribution in [-0.2, 0) is 22.4 Å². The molecule has 0 spiro atoms. The van der Waals surface area contributed by atoms with Crippen molar-refractivity contribution in [2.75, 3.05) is 20.3 Å². The molecule has 1 unspecified atom stereocenters. The second kappa shape index (κ2) is 9.69. The minimum atomic E-state index is -0.689. The van der Waals surface area contributed by atoms with Crippen LogP contribution in [0.25, 0.3) is 5.76 Å². The molecule has 0 bridgehead atoms. The van der Waals surface area contributed by atoms with Crippen LogP contribution in [0.3, 0.4) is 0 Å². The van der Waals surface area contributed by atoms with Gasteiger partial charge in [0.05, 0.1) is 25.3 Å². The van der Waals surface area contributed by atoms with Gasteiger partial charge in [0.2, 0.25) is 0 Å². The third kappa shape index (κ3) is 4.22. The maximum Gasteiger partial charge on any atom is 0.295 e. The molecule has 4 rings (SSSR count). The Balaban J connectivity index is 1.85. The number of ketones is 1. The number of Topliss-reactive ketones (excluding diaryl/α,β-unsaturated/α-hetero) is 1. The number of fused-ring (bicyclic) bond motifs is 1. The minimum Gasteiger partial charge on any atom is -0.507 e. The van der Waals surface area contributed by atoms with Crippen molar-refractivity contribution in [2.45, 2.75) is 52.0 Å². The van der Waals surface area contributed by atoms with Crippen molar-refractivity contribution < 1.29 is 24.2 Å². The molecule has 1 fully saturated rings. The number of carbonyl (C=O) groups excluding carboxylic acids is 2. The number of rotatable bonds is 7. The molecule has 2 aliphatic rings. The van der Waals surface area contributed by atoms with Gasteiger partial charge in [-0.15, -0.1) is 0 Å². The van der Waals surface area contributed by atoms with Gasteiger partial charge in [0.15, 0.2) is 11.5 Å². The summed E-state index contributed by atoms with van der Waals surface area (Å²) in [6, 6.07) is 10.5. The third-order valence-corrected chi connectivity index (χ3v) is 6.43. The SMILES string of the molecule is CCCN1C(=O)C(=O)/C(=C(/O)c2ccc3c(c2)CCCC3)C1c1ccc(OCC)c(OC)c1. The van der Waals surface area contributed by atoms with Crippen LogP contribution in [0.15, 0.2) is 42.0 Å². The zero-order chi connectivity index (χ0) is 23.5. The van der Waals surface area contributed by atoms with Gasteiger partial charge in [-0.25, -0.2) is 0 Å². The van der Waals surface area contributed by atoms with Gasteiger partial charge in [0.1, 0.15) is 5.76 Å². The average molecular weight is 450 g/mol. The molecule has 1 aliphatic carbocycles. The number of nitrogens with zero attached hydrogens (tertiary/aromatic N) is 1. The van der Waals surface area contributed by atoms with Crippen LogP contribution in [0, 0.1) is 0 Å². The topological polar surface area (TPSA) is 76.1 Å². The summed E-state index contributed by atoms with van der Waals surface area (Å²) < 4.78 is 11.1. The lowest BCUT2D eigenvalue weighted by atomic mass is 9.88. The summed E-state index contributed by atoms with van der Waals surface area (Å²) in [6.45, 7) is 4.74. The van der Waals surface area contributed by atoms with E-state index in [0.717, 1.165) is 19.3 Å². The molecule has 2 aromatic rings. The van der Waals surface area contributed by atoms with Crippen LogP contribution in [0.2, 0.25) is 0 Å². The van der Waals surface area contributed by atoms with Crippen molar-refractivity contribution in [1.29, 1.82) is 0 Å². The van der Waals surface area contributed by atoms with Gasteiger partial charge in [-0.3, -0.25) is 9.59 Å². The fraction of sp³-hybridized carbons (Fsp3) is 0.407. The molecule has 0 radical (unpaired) electrons. The standard InChI is InChI=1S/C27H31NO5/c1-4-14-28-24(19-12-13-21(33-5-2)22(16-19)32-3)23(26(30)27(28)31)25(29)20-11-10-17-8-6-7-9-18(17)15-20/h10-13,15-16,24,29H,4-9,14H2,1-3H3/b25-23+. The quantitative estimate of drug-likeness (QED) is 0.373. The minimum absolute atomic E-state index is 0.121. The summed E-state index contributed by atoms with van der Waals surface area (Å²) >= 11 is 0. The summed E-state index contributed by atoms with van der Waals surface area (Å²) in [6.07, 6.45) is 4.96. The molecule has 1 aliphatic heterocycles. The van der Waals surface area contributed by atoms with E-state index >= 15 is 0 Å². The lowest BCUT2D eigenvalue weighted by molar-refractivity contribution is -0.139. The van der Waals surface area contributed by atoms with Gasteiger partial charge in [-0.1, -0.05) is 25.1 Å². The second-order valence-electron chi connectivity index (χ2n) is 8.53. The van der Waals surface area contributed by atoms with Crippen molar-refractivity contribution in [1.82, 2.24) is 4.90 Å². The predicted molar refractivity (Wildman–Crippen MR) is 127 cm³/mol. The Morgan fingerprint density at radius 1 is 1.03 bits per heavy atom. The van der Waals surface area contributed by atoms with Crippen molar-refractivity contribution in [3.8, 4) is 11.5 Å². The van der Waals surface area contributed by atoms with E-state index in [1.807, 2.05) is 38.1 Å². The summed E-state index contributed by atoms with van der Waals surface area (Å²) in [7, 11) is 1.55. The van der Waals surface area contributed by atoms with Gasteiger partial charge in [-0.2, -0.15) is 0 Å². The number of likely N-dealkylation sites (tertiary alicyclic amines) is 1. The van der Waals surface area contributed by atoms with Crippen LogP contribution < -0.4 is 9.47 Å². The highest BCUT2D eigenvalue weighted by Gasteiger charge is 2.46. The van der Waals surface area contributed by atoms with E-state index in [-0.39, 0.29) is 11.3 Å². The Hall–Kier alpha value is -3.28. The number of methoxy groups -OCH3 is 1. The number of carbonyl (C=O) groups is 2. The van der Waals surface area contributed by atoms with E-state index in [0.29, 0.717) is 42.2 Å². The lowest BCUT2D eigenvalue weighted by Gasteiger charge is -2.25. The van der Waals surface area contributed by atoms with Gasteiger partial charge in [0, 0.05) is 12.1 Å². The monoisotopic (exact) mass is 449 g/mol. The first kappa shape index (κ1) is 22.9. The highest BCUT2D eigenvalue weighted by Crippen LogP contribution is 2.42. The molecule has 1 amide bonds. The number of aryl methyl sites for hydroxylation is 2. The summed E-state index contributed by atoms with van der Waals surface area (Å²) in [5, 5.41) is 11.3. The van der Waals surface area contributed by atoms with Crippen LogP contribution in [0.5, 0.6) is 11.5 Å².